The van der Waals surface area contributed by atoms with Gasteiger partial charge in [-0.25, -0.2) is 4.79 Å². The number of hydrogen-bond donors (Lipinski definition) is 1. The van der Waals surface area contributed by atoms with Gasteiger partial charge in [0.15, 0.2) is 0 Å². The molecule has 0 saturated carbocycles. The van der Waals surface area contributed by atoms with Gasteiger partial charge in [-0.2, -0.15) is 0 Å². The number of para-hydroxylation sites is 1. The maximum absolute atomic E-state index is 11.3. The van der Waals surface area contributed by atoms with Gasteiger partial charge < -0.3 is 10.1 Å². The second-order valence-electron chi connectivity index (χ2n) is 2.73. The molecule has 0 saturated heterocycles. The lowest BCUT2D eigenvalue weighted by Gasteiger charge is -2.07. The first-order valence-corrected chi connectivity index (χ1v) is 4.29. The van der Waals surface area contributed by atoms with Gasteiger partial charge in [0.1, 0.15) is 0 Å². The van der Waals surface area contributed by atoms with E-state index >= 15 is 0 Å². The largest absolute Gasteiger partial charge is 0.465 e. The first-order chi connectivity index (χ1) is 7.19. The van der Waals surface area contributed by atoms with Crippen molar-refractivity contribution < 1.29 is 14.3 Å². The van der Waals surface area contributed by atoms with Crippen molar-refractivity contribution in [2.75, 3.05) is 12.4 Å². The van der Waals surface area contributed by atoms with Crippen LogP contribution in [0.15, 0.2) is 36.9 Å². The van der Waals surface area contributed by atoms with Gasteiger partial charge in [0.25, 0.3) is 0 Å². The van der Waals surface area contributed by atoms with Crippen LogP contribution in [-0.2, 0) is 9.53 Å². The molecular weight excluding hydrogens is 194 g/mol. The maximum atomic E-state index is 11.3. The summed E-state index contributed by atoms with van der Waals surface area (Å²) in [5.41, 5.74) is 0.726. The molecule has 4 heteroatoms. The molecule has 0 radical (unpaired) electrons. The fraction of sp³-hybridized carbons (Fsp3) is 0.0909. The van der Waals surface area contributed by atoms with Crippen LogP contribution in [0.2, 0.25) is 0 Å². The van der Waals surface area contributed by atoms with Gasteiger partial charge in [0.05, 0.1) is 18.4 Å². The minimum absolute atomic E-state index is 0.315. The summed E-state index contributed by atoms with van der Waals surface area (Å²) in [7, 11) is 1.29. The van der Waals surface area contributed by atoms with E-state index in [1.165, 1.54) is 7.11 Å². The summed E-state index contributed by atoms with van der Waals surface area (Å²) in [4.78, 5) is 22.4. The number of benzene rings is 1. The molecule has 1 rings (SSSR count). The number of carbonyl (C=O) groups excluding carboxylic acids is 2. The average Bonchev–Trinajstić information content (AvgIpc) is 2.28. The number of amides is 1. The number of ether oxygens (including phenoxy) is 1. The van der Waals surface area contributed by atoms with Gasteiger partial charge in [0, 0.05) is 0 Å². The number of carbonyl (C=O) groups is 2. The Labute approximate surface area is 87.6 Å². The van der Waals surface area contributed by atoms with Crippen molar-refractivity contribution in [3.8, 4) is 0 Å². The summed E-state index contributed by atoms with van der Waals surface area (Å²) in [6, 6.07) is 6.60. The molecule has 15 heavy (non-hydrogen) atoms. The Morgan fingerprint density at radius 3 is 2.67 bits per heavy atom. The molecule has 0 bridgehead atoms. The van der Waals surface area contributed by atoms with Crippen molar-refractivity contribution in [2.45, 2.75) is 0 Å². The number of esters is 1. The van der Waals surface area contributed by atoms with Crippen LogP contribution in [0.4, 0.5) is 5.69 Å². The fourth-order valence-corrected chi connectivity index (χ4v) is 1.06. The minimum atomic E-state index is -0.491. The zero-order chi connectivity index (χ0) is 11.3. The normalized spacial score (nSPS) is 9.13. The van der Waals surface area contributed by atoms with E-state index in [-0.39, 0.29) is 5.91 Å². The highest BCUT2D eigenvalue weighted by molar-refractivity contribution is 6.04. The van der Waals surface area contributed by atoms with E-state index in [1.807, 2.05) is 0 Å². The van der Waals surface area contributed by atoms with Gasteiger partial charge in [0.2, 0.25) is 5.91 Å². The van der Waals surface area contributed by atoms with Crippen LogP contribution >= 0.6 is 0 Å². The molecule has 0 fully saturated rings. The Kier molecular flexibility index (Phi) is 3.62. The predicted octanol–water partition coefficient (Wildman–Crippen LogP) is 1.60. The van der Waals surface area contributed by atoms with Crippen molar-refractivity contribution in [1.29, 1.82) is 0 Å². The Morgan fingerprint density at radius 2 is 2.07 bits per heavy atom. The summed E-state index contributed by atoms with van der Waals surface area (Å²) in [6.07, 6.45) is 1.13. The van der Waals surface area contributed by atoms with Crippen molar-refractivity contribution >= 4 is 17.6 Å². The third-order valence-electron chi connectivity index (χ3n) is 1.78. The number of methoxy groups -OCH3 is 1. The summed E-state index contributed by atoms with van der Waals surface area (Å²) >= 11 is 0. The number of nitrogens with one attached hydrogen (secondary N) is 1. The van der Waals surface area contributed by atoms with Crippen LogP contribution in [-0.4, -0.2) is 19.0 Å². The summed E-state index contributed by atoms with van der Waals surface area (Å²) < 4.78 is 4.58. The summed E-state index contributed by atoms with van der Waals surface area (Å²) in [6.45, 7) is 3.32. The maximum Gasteiger partial charge on any atom is 0.339 e. The quantitative estimate of drug-likeness (QED) is 0.602. The topological polar surface area (TPSA) is 55.4 Å². The molecule has 0 atom stereocenters. The molecule has 0 unspecified atom stereocenters. The average molecular weight is 205 g/mol. The Balaban J connectivity index is 3.01. The van der Waals surface area contributed by atoms with E-state index in [1.54, 1.807) is 24.3 Å². The van der Waals surface area contributed by atoms with Crippen LogP contribution in [0.1, 0.15) is 10.4 Å². The zero-order valence-electron chi connectivity index (χ0n) is 8.32. The second-order valence-corrected chi connectivity index (χ2v) is 2.73. The molecule has 0 aliphatic carbocycles. The number of hydrogen-bond acceptors (Lipinski definition) is 3. The van der Waals surface area contributed by atoms with Gasteiger partial charge in [-0.15, -0.1) is 0 Å². The molecule has 0 heterocycles. The minimum Gasteiger partial charge on any atom is -0.465 e. The van der Waals surface area contributed by atoms with E-state index in [2.05, 4.69) is 16.6 Å². The Bertz CT molecular complexity index is 399. The highest BCUT2D eigenvalue weighted by Crippen LogP contribution is 2.15. The van der Waals surface area contributed by atoms with Gasteiger partial charge in [-0.1, -0.05) is 18.7 Å². The molecule has 78 valence electrons. The van der Waals surface area contributed by atoms with Crippen LogP contribution in [0, 0.1) is 0 Å². The van der Waals surface area contributed by atoms with E-state index < -0.39 is 5.97 Å². The summed E-state index contributed by atoms with van der Waals surface area (Å²) in [5, 5.41) is 2.52. The van der Waals surface area contributed by atoms with Crippen LogP contribution in [0.5, 0.6) is 0 Å². The molecule has 1 amide bonds. The van der Waals surface area contributed by atoms with Crippen LogP contribution in [0.3, 0.4) is 0 Å². The molecule has 0 aromatic heterocycles. The van der Waals surface area contributed by atoms with Crippen molar-refractivity contribution in [2.24, 2.45) is 0 Å². The molecule has 1 aromatic carbocycles. The Morgan fingerprint density at radius 1 is 1.40 bits per heavy atom. The first kappa shape index (κ1) is 11.0. The van der Waals surface area contributed by atoms with Gasteiger partial charge in [-0.3, -0.25) is 4.79 Å². The first-order valence-electron chi connectivity index (χ1n) is 4.29. The van der Waals surface area contributed by atoms with E-state index in [0.717, 1.165) is 6.08 Å². The molecule has 0 spiro atoms. The molecule has 0 aliphatic rings. The van der Waals surface area contributed by atoms with Crippen molar-refractivity contribution in [3.05, 3.63) is 42.5 Å². The lowest BCUT2D eigenvalue weighted by molar-refractivity contribution is -0.111. The third kappa shape index (κ3) is 2.67. The molecule has 0 aliphatic heterocycles. The van der Waals surface area contributed by atoms with Crippen LogP contribution in [0.25, 0.3) is 0 Å². The van der Waals surface area contributed by atoms with E-state index in [4.69, 9.17) is 0 Å². The summed E-state index contributed by atoms with van der Waals surface area (Å²) in [5.74, 6) is -0.860. The van der Waals surface area contributed by atoms with Gasteiger partial charge >= 0.3 is 5.97 Å². The third-order valence-corrected chi connectivity index (χ3v) is 1.78. The van der Waals surface area contributed by atoms with Gasteiger partial charge in [-0.05, 0) is 18.2 Å². The lowest BCUT2D eigenvalue weighted by atomic mass is 10.2. The molecular formula is C11H11NO3. The molecule has 4 nitrogen and oxygen atoms in total. The highest BCUT2D eigenvalue weighted by Gasteiger charge is 2.11. The van der Waals surface area contributed by atoms with E-state index in [0.29, 0.717) is 11.3 Å². The monoisotopic (exact) mass is 205 g/mol. The number of rotatable bonds is 3. The lowest BCUT2D eigenvalue weighted by Crippen LogP contribution is -2.12. The zero-order valence-corrected chi connectivity index (χ0v) is 8.32. The highest BCUT2D eigenvalue weighted by atomic mass is 16.5. The van der Waals surface area contributed by atoms with E-state index in [9.17, 15) is 9.59 Å². The fourth-order valence-electron chi connectivity index (χ4n) is 1.06. The number of anilines is 1. The SMILES string of the molecule is C=CC(=O)Nc1ccccc1C(=O)OC. The standard InChI is InChI=1S/C11H11NO3/c1-3-10(13)12-9-7-5-4-6-8(9)11(14)15-2/h3-7H,1H2,2H3,(H,12,13). The smallest absolute Gasteiger partial charge is 0.339 e. The van der Waals surface area contributed by atoms with Crippen molar-refractivity contribution in [3.63, 3.8) is 0 Å². The van der Waals surface area contributed by atoms with Crippen molar-refractivity contribution in [1.82, 2.24) is 0 Å². The molecule has 1 aromatic rings. The second kappa shape index (κ2) is 4.95. The predicted molar refractivity (Wildman–Crippen MR) is 56.6 cm³/mol. The molecule has 1 N–H and O–H groups in total. The Hall–Kier alpha value is -2.10. The van der Waals surface area contributed by atoms with Crippen LogP contribution < -0.4 is 5.32 Å².